The van der Waals surface area contributed by atoms with Crippen LogP contribution in [0, 0.1) is 0 Å². The lowest BCUT2D eigenvalue weighted by Crippen LogP contribution is -2.41. The summed E-state index contributed by atoms with van der Waals surface area (Å²) in [6.45, 7) is 0.176. The second-order valence-corrected chi connectivity index (χ2v) is 5.29. The average molecular weight is 293 g/mol. The van der Waals surface area contributed by atoms with Gasteiger partial charge in [0.1, 0.15) is 0 Å². The van der Waals surface area contributed by atoms with Gasteiger partial charge < -0.3 is 9.30 Å². The first-order chi connectivity index (χ1) is 8.81. The van der Waals surface area contributed by atoms with E-state index in [0.29, 0.717) is 4.57 Å². The number of nitrogens with zero attached hydrogens (tertiary/aromatic N) is 2. The van der Waals surface area contributed by atoms with Crippen LogP contribution < -0.4 is 16.1 Å². The summed E-state index contributed by atoms with van der Waals surface area (Å²) in [6, 6.07) is 0. The normalized spacial score (nSPS) is 11.7. The fourth-order valence-corrected chi connectivity index (χ4v) is 2.24. The third-order valence-corrected chi connectivity index (χ3v) is 3.46. The Kier molecular flexibility index (Phi) is 5.00. The van der Waals surface area contributed by atoms with Crippen LogP contribution in [0.1, 0.15) is 0 Å². The van der Waals surface area contributed by atoms with Gasteiger partial charge in [0, 0.05) is 27.4 Å². The number of hydrogen-bond acceptors (Lipinski definition) is 6. The highest BCUT2D eigenvalue weighted by atomic mass is 32.2. The fraction of sp³-hybridized carbons (Fsp3) is 0.556. The molecule has 0 bridgehead atoms. The van der Waals surface area contributed by atoms with E-state index in [2.05, 4.69) is 9.57 Å². The summed E-state index contributed by atoms with van der Waals surface area (Å²) in [7, 11) is -0.193. The molecule has 1 heterocycles. The van der Waals surface area contributed by atoms with E-state index >= 15 is 0 Å². The molecule has 0 unspecified atom stereocenters. The zero-order valence-corrected chi connectivity index (χ0v) is 11.6. The lowest BCUT2D eigenvalue weighted by Gasteiger charge is -2.08. The minimum Gasteiger partial charge on any atom is -0.382 e. The first kappa shape index (κ1) is 15.6. The van der Waals surface area contributed by atoms with Gasteiger partial charge in [-0.15, -0.1) is 0 Å². The van der Waals surface area contributed by atoms with Crippen LogP contribution in [-0.4, -0.2) is 37.9 Å². The zero-order valence-electron chi connectivity index (χ0n) is 10.7. The molecule has 0 radical (unpaired) electrons. The molecule has 0 aliphatic carbocycles. The van der Waals surface area contributed by atoms with Gasteiger partial charge in [0.25, 0.3) is 15.6 Å². The highest BCUT2D eigenvalue weighted by Crippen LogP contribution is 1.99. The van der Waals surface area contributed by atoms with E-state index in [0.717, 1.165) is 10.8 Å². The second kappa shape index (κ2) is 6.10. The molecule has 0 aromatic carbocycles. The van der Waals surface area contributed by atoms with Crippen molar-refractivity contribution in [3.05, 3.63) is 27.0 Å². The molecular weight excluding hydrogens is 278 g/mol. The fourth-order valence-electron chi connectivity index (χ4n) is 1.25. The summed E-state index contributed by atoms with van der Waals surface area (Å²) in [5.74, 6) is 0. The zero-order chi connectivity index (χ0) is 14.6. The Morgan fingerprint density at radius 2 is 1.89 bits per heavy atom. The van der Waals surface area contributed by atoms with E-state index in [-0.39, 0.29) is 13.2 Å². The molecule has 1 N–H and O–H groups in total. The Morgan fingerprint density at radius 1 is 1.26 bits per heavy atom. The Balaban J connectivity index is 3.09. The van der Waals surface area contributed by atoms with Gasteiger partial charge in [-0.2, -0.15) is 0 Å². The summed E-state index contributed by atoms with van der Waals surface area (Å²) in [5, 5.41) is 0. The predicted molar refractivity (Wildman–Crippen MR) is 65.1 cm³/mol. The Hall–Kier alpha value is -1.49. The van der Waals surface area contributed by atoms with Crippen molar-refractivity contribution in [1.29, 1.82) is 0 Å². The van der Waals surface area contributed by atoms with Crippen LogP contribution in [0.25, 0.3) is 0 Å². The van der Waals surface area contributed by atoms with Crippen molar-refractivity contribution < 1.29 is 18.0 Å². The minimum atomic E-state index is -4.15. The molecule has 0 spiro atoms. The maximum atomic E-state index is 11.8. The van der Waals surface area contributed by atoms with E-state index in [9.17, 15) is 18.0 Å². The monoisotopic (exact) mass is 293 g/mol. The minimum absolute atomic E-state index is 0.0121. The number of aromatic nitrogens is 2. The van der Waals surface area contributed by atoms with Crippen molar-refractivity contribution in [2.24, 2.45) is 14.1 Å². The molecule has 9 nitrogen and oxygen atoms in total. The topological polar surface area (TPSA) is 109 Å². The molecule has 1 aromatic rings. The van der Waals surface area contributed by atoms with Gasteiger partial charge in [0.05, 0.1) is 13.2 Å². The molecule has 108 valence electrons. The number of hydrogen-bond donors (Lipinski definition) is 1. The molecule has 19 heavy (non-hydrogen) atoms. The van der Waals surface area contributed by atoms with Crippen molar-refractivity contribution in [2.75, 3.05) is 20.3 Å². The molecule has 1 rings (SSSR count). The van der Waals surface area contributed by atoms with Crippen LogP contribution in [-0.2, 0) is 33.7 Å². The van der Waals surface area contributed by atoms with Crippen LogP contribution in [0.15, 0.2) is 20.7 Å². The lowest BCUT2D eigenvalue weighted by molar-refractivity contribution is 0.0438. The molecule has 0 saturated heterocycles. The molecule has 0 fully saturated rings. The largest absolute Gasteiger partial charge is 0.382 e. The summed E-state index contributed by atoms with van der Waals surface area (Å²) >= 11 is 0. The maximum Gasteiger partial charge on any atom is 0.330 e. The van der Waals surface area contributed by atoms with E-state index in [1.807, 2.05) is 0 Å². The van der Waals surface area contributed by atoms with Gasteiger partial charge in [-0.25, -0.2) is 13.2 Å². The Bertz CT molecular complexity index is 660. The first-order valence-electron chi connectivity index (χ1n) is 5.20. The van der Waals surface area contributed by atoms with Gasteiger partial charge in [0.15, 0.2) is 4.90 Å². The molecule has 0 aliphatic heterocycles. The van der Waals surface area contributed by atoms with Crippen molar-refractivity contribution in [2.45, 2.75) is 4.90 Å². The summed E-state index contributed by atoms with van der Waals surface area (Å²) < 4.78 is 30.0. The van der Waals surface area contributed by atoms with Gasteiger partial charge in [-0.05, 0) is 0 Å². The molecular formula is C9H15N3O6S. The number of ether oxygens (including phenoxy) is 1. The van der Waals surface area contributed by atoms with Crippen LogP contribution in [0.5, 0.6) is 0 Å². The van der Waals surface area contributed by atoms with Crippen LogP contribution in [0.4, 0.5) is 0 Å². The van der Waals surface area contributed by atoms with Crippen LogP contribution in [0.2, 0.25) is 0 Å². The van der Waals surface area contributed by atoms with Gasteiger partial charge in [0.2, 0.25) is 0 Å². The molecule has 0 amide bonds. The Labute approximate surface area is 109 Å². The SMILES string of the molecule is COCCONS(=O)(=O)c1cn(C)c(=O)n(C)c1=O. The number of nitrogens with one attached hydrogen (secondary N) is 1. The van der Waals surface area contributed by atoms with Crippen molar-refractivity contribution >= 4 is 10.0 Å². The molecule has 0 atom stereocenters. The van der Waals surface area contributed by atoms with Crippen molar-refractivity contribution in [3.63, 3.8) is 0 Å². The van der Waals surface area contributed by atoms with E-state index < -0.39 is 26.2 Å². The summed E-state index contributed by atoms with van der Waals surface area (Å²) in [5.41, 5.74) is -1.55. The van der Waals surface area contributed by atoms with E-state index in [4.69, 9.17) is 0 Å². The molecule has 0 aliphatic rings. The number of methoxy groups -OCH3 is 1. The maximum absolute atomic E-state index is 11.8. The second-order valence-electron chi connectivity index (χ2n) is 3.68. The average Bonchev–Trinajstić information content (AvgIpc) is 2.36. The smallest absolute Gasteiger partial charge is 0.330 e. The van der Waals surface area contributed by atoms with Gasteiger partial charge in [-0.1, -0.05) is 4.89 Å². The third-order valence-electron chi connectivity index (χ3n) is 2.26. The lowest BCUT2D eigenvalue weighted by atomic mass is 10.6. The molecule has 0 saturated carbocycles. The quantitative estimate of drug-likeness (QED) is 0.477. The Morgan fingerprint density at radius 3 is 2.47 bits per heavy atom. The highest BCUT2D eigenvalue weighted by molar-refractivity contribution is 7.89. The molecule has 1 aromatic heterocycles. The third kappa shape index (κ3) is 3.50. The molecule has 10 heteroatoms. The van der Waals surface area contributed by atoms with Crippen LogP contribution in [0.3, 0.4) is 0 Å². The summed E-state index contributed by atoms with van der Waals surface area (Å²) in [4.78, 5) is 29.0. The standard InChI is InChI=1S/C9H15N3O6S/c1-11-6-7(8(13)12(2)9(11)14)19(15,16)10-18-5-4-17-3/h6,10H,4-5H2,1-3H3. The highest BCUT2D eigenvalue weighted by Gasteiger charge is 2.21. The van der Waals surface area contributed by atoms with E-state index in [1.54, 1.807) is 4.89 Å². The number of sulfonamides is 1. The van der Waals surface area contributed by atoms with Crippen LogP contribution >= 0.6 is 0 Å². The van der Waals surface area contributed by atoms with E-state index in [1.165, 1.54) is 21.2 Å². The summed E-state index contributed by atoms with van der Waals surface area (Å²) in [6.07, 6.45) is 0.937. The van der Waals surface area contributed by atoms with Gasteiger partial charge in [-0.3, -0.25) is 14.2 Å². The van der Waals surface area contributed by atoms with Crippen molar-refractivity contribution in [3.8, 4) is 0 Å². The first-order valence-corrected chi connectivity index (χ1v) is 6.68. The van der Waals surface area contributed by atoms with Gasteiger partial charge >= 0.3 is 5.69 Å². The van der Waals surface area contributed by atoms with Crippen molar-refractivity contribution in [1.82, 2.24) is 14.0 Å². The number of rotatable bonds is 6. The predicted octanol–water partition coefficient (Wildman–Crippen LogP) is -2.06. The number of aryl methyl sites for hydroxylation is 1.